The molecule has 0 aliphatic carbocycles. The van der Waals surface area contributed by atoms with E-state index in [1.54, 1.807) is 7.11 Å². The fourth-order valence-corrected chi connectivity index (χ4v) is 3.26. The van der Waals surface area contributed by atoms with Crippen molar-refractivity contribution in [2.75, 3.05) is 20.2 Å². The van der Waals surface area contributed by atoms with E-state index in [0.717, 1.165) is 42.0 Å². The van der Waals surface area contributed by atoms with Crippen LogP contribution in [0, 0.1) is 13.8 Å². The zero-order valence-corrected chi connectivity index (χ0v) is 14.0. The standard InChI is InChI=1S/C18H27NO2/c1-6-18(4,19-11-7-8-12-19)17(20)15-10-9-13(2)14(3)16(15)21-5/h9-10H,6-8,11-12H2,1-5H3. The highest BCUT2D eigenvalue weighted by atomic mass is 16.5. The highest BCUT2D eigenvalue weighted by Crippen LogP contribution is 2.34. The Morgan fingerprint density at radius 2 is 1.90 bits per heavy atom. The van der Waals surface area contributed by atoms with Gasteiger partial charge in [-0.1, -0.05) is 13.0 Å². The Morgan fingerprint density at radius 1 is 1.29 bits per heavy atom. The molecule has 0 aromatic heterocycles. The van der Waals surface area contributed by atoms with Crippen LogP contribution in [-0.4, -0.2) is 36.4 Å². The molecule has 1 saturated heterocycles. The molecule has 1 unspecified atom stereocenters. The number of hydrogen-bond acceptors (Lipinski definition) is 3. The van der Waals surface area contributed by atoms with E-state index in [-0.39, 0.29) is 5.78 Å². The number of ether oxygens (including phenoxy) is 1. The minimum Gasteiger partial charge on any atom is -0.496 e. The number of rotatable bonds is 5. The van der Waals surface area contributed by atoms with Crippen molar-refractivity contribution in [3.63, 3.8) is 0 Å². The molecular formula is C18H27NO2. The number of hydrogen-bond donors (Lipinski definition) is 0. The molecule has 1 heterocycles. The van der Waals surface area contributed by atoms with Crippen LogP contribution >= 0.6 is 0 Å². The van der Waals surface area contributed by atoms with Gasteiger partial charge in [0.15, 0.2) is 5.78 Å². The summed E-state index contributed by atoms with van der Waals surface area (Å²) in [5.74, 6) is 0.922. The summed E-state index contributed by atoms with van der Waals surface area (Å²) in [4.78, 5) is 15.5. The van der Waals surface area contributed by atoms with Crippen LogP contribution in [-0.2, 0) is 0 Å². The number of nitrogens with zero attached hydrogens (tertiary/aromatic N) is 1. The molecule has 1 fully saturated rings. The summed E-state index contributed by atoms with van der Waals surface area (Å²) in [6.07, 6.45) is 3.20. The third-order valence-electron chi connectivity index (χ3n) is 5.11. The van der Waals surface area contributed by atoms with Gasteiger partial charge in [0.2, 0.25) is 0 Å². The number of benzene rings is 1. The Morgan fingerprint density at radius 3 is 2.43 bits per heavy atom. The largest absolute Gasteiger partial charge is 0.496 e. The Balaban J connectivity index is 2.45. The second-order valence-electron chi connectivity index (χ2n) is 6.24. The van der Waals surface area contributed by atoms with Gasteiger partial charge in [-0.3, -0.25) is 9.69 Å². The van der Waals surface area contributed by atoms with Crippen LogP contribution in [0.25, 0.3) is 0 Å². The van der Waals surface area contributed by atoms with Gasteiger partial charge in [-0.2, -0.15) is 0 Å². The Kier molecular flexibility index (Phi) is 4.72. The summed E-state index contributed by atoms with van der Waals surface area (Å²) in [5.41, 5.74) is 2.51. The zero-order chi connectivity index (χ0) is 15.6. The van der Waals surface area contributed by atoms with Gasteiger partial charge in [0.1, 0.15) is 5.75 Å². The second-order valence-corrected chi connectivity index (χ2v) is 6.24. The summed E-state index contributed by atoms with van der Waals surface area (Å²) in [6.45, 7) is 10.3. The van der Waals surface area contributed by atoms with Gasteiger partial charge < -0.3 is 4.74 Å². The second kappa shape index (κ2) is 6.18. The molecule has 0 radical (unpaired) electrons. The number of Topliss-reactive ketones (excluding diaryl/α,β-unsaturated/α-hetero) is 1. The number of carbonyl (C=O) groups is 1. The molecule has 0 spiro atoms. The molecule has 1 aliphatic heterocycles. The third-order valence-corrected chi connectivity index (χ3v) is 5.11. The van der Waals surface area contributed by atoms with Crippen molar-refractivity contribution in [1.82, 2.24) is 4.90 Å². The first kappa shape index (κ1) is 16.0. The number of carbonyl (C=O) groups excluding carboxylic acids is 1. The molecule has 1 aliphatic rings. The smallest absolute Gasteiger partial charge is 0.186 e. The first-order valence-corrected chi connectivity index (χ1v) is 7.89. The molecule has 2 rings (SSSR count). The van der Waals surface area contributed by atoms with Gasteiger partial charge in [0, 0.05) is 0 Å². The highest BCUT2D eigenvalue weighted by Gasteiger charge is 2.40. The van der Waals surface area contributed by atoms with Crippen molar-refractivity contribution in [2.45, 2.75) is 52.5 Å². The molecule has 1 atom stereocenters. The van der Waals surface area contributed by atoms with E-state index < -0.39 is 5.54 Å². The van der Waals surface area contributed by atoms with Crippen molar-refractivity contribution in [3.05, 3.63) is 28.8 Å². The Labute approximate surface area is 128 Å². The van der Waals surface area contributed by atoms with Gasteiger partial charge in [0.05, 0.1) is 18.2 Å². The van der Waals surface area contributed by atoms with Gasteiger partial charge in [0.25, 0.3) is 0 Å². The lowest BCUT2D eigenvalue weighted by Gasteiger charge is -2.37. The zero-order valence-electron chi connectivity index (χ0n) is 14.0. The lowest BCUT2D eigenvalue weighted by molar-refractivity contribution is 0.0644. The van der Waals surface area contributed by atoms with Crippen LogP contribution in [0.3, 0.4) is 0 Å². The maximum atomic E-state index is 13.2. The lowest BCUT2D eigenvalue weighted by atomic mass is 9.85. The summed E-state index contributed by atoms with van der Waals surface area (Å²) >= 11 is 0. The molecule has 0 N–H and O–H groups in total. The van der Waals surface area contributed by atoms with E-state index in [1.165, 1.54) is 12.8 Å². The van der Waals surface area contributed by atoms with Gasteiger partial charge in [-0.25, -0.2) is 0 Å². The molecule has 0 saturated carbocycles. The predicted octanol–water partition coefficient (Wildman–Crippen LogP) is 3.76. The van der Waals surface area contributed by atoms with Crippen molar-refractivity contribution in [2.24, 2.45) is 0 Å². The van der Waals surface area contributed by atoms with E-state index in [9.17, 15) is 4.79 Å². The number of methoxy groups -OCH3 is 1. The van der Waals surface area contributed by atoms with E-state index in [0.29, 0.717) is 0 Å². The van der Waals surface area contributed by atoms with Crippen molar-refractivity contribution in [3.8, 4) is 5.75 Å². The first-order valence-electron chi connectivity index (χ1n) is 7.89. The monoisotopic (exact) mass is 289 g/mol. The van der Waals surface area contributed by atoms with Crippen LogP contribution in [0.2, 0.25) is 0 Å². The molecule has 1 aromatic carbocycles. The third kappa shape index (κ3) is 2.71. The Bertz CT molecular complexity index is 532. The summed E-state index contributed by atoms with van der Waals surface area (Å²) in [6, 6.07) is 3.94. The van der Waals surface area contributed by atoms with Gasteiger partial charge in [-0.15, -0.1) is 0 Å². The fourth-order valence-electron chi connectivity index (χ4n) is 3.26. The van der Waals surface area contributed by atoms with Crippen LogP contribution in [0.4, 0.5) is 0 Å². The molecule has 0 bridgehead atoms. The molecule has 0 amide bonds. The van der Waals surface area contributed by atoms with E-state index >= 15 is 0 Å². The van der Waals surface area contributed by atoms with Crippen molar-refractivity contribution < 1.29 is 9.53 Å². The van der Waals surface area contributed by atoms with Crippen molar-refractivity contribution >= 4 is 5.78 Å². The maximum absolute atomic E-state index is 13.2. The minimum atomic E-state index is -0.425. The normalized spacial score (nSPS) is 18.5. The van der Waals surface area contributed by atoms with Gasteiger partial charge in [-0.05, 0) is 70.3 Å². The Hall–Kier alpha value is -1.35. The number of likely N-dealkylation sites (tertiary alicyclic amines) is 1. The van der Waals surface area contributed by atoms with E-state index in [4.69, 9.17) is 4.74 Å². The molecule has 3 heteroatoms. The summed E-state index contributed by atoms with van der Waals surface area (Å²) in [5, 5.41) is 0. The highest BCUT2D eigenvalue weighted by molar-refractivity contribution is 6.05. The SMILES string of the molecule is CCC(C)(C(=O)c1ccc(C)c(C)c1OC)N1CCCC1. The number of aryl methyl sites for hydroxylation is 1. The fraction of sp³-hybridized carbons (Fsp3) is 0.611. The first-order chi connectivity index (χ1) is 9.95. The van der Waals surface area contributed by atoms with E-state index in [1.807, 2.05) is 26.0 Å². The minimum absolute atomic E-state index is 0.187. The molecule has 21 heavy (non-hydrogen) atoms. The maximum Gasteiger partial charge on any atom is 0.186 e. The van der Waals surface area contributed by atoms with Crippen LogP contribution in [0.15, 0.2) is 12.1 Å². The summed E-state index contributed by atoms with van der Waals surface area (Å²) < 4.78 is 5.54. The van der Waals surface area contributed by atoms with Crippen LogP contribution in [0.5, 0.6) is 5.75 Å². The molecule has 116 valence electrons. The quantitative estimate of drug-likeness (QED) is 0.773. The van der Waals surface area contributed by atoms with Gasteiger partial charge >= 0.3 is 0 Å². The average Bonchev–Trinajstić information content (AvgIpc) is 3.03. The number of ketones is 1. The summed E-state index contributed by atoms with van der Waals surface area (Å²) in [7, 11) is 1.65. The van der Waals surface area contributed by atoms with E-state index in [2.05, 4.69) is 18.7 Å². The van der Waals surface area contributed by atoms with Crippen LogP contribution in [0.1, 0.15) is 54.6 Å². The van der Waals surface area contributed by atoms with Crippen molar-refractivity contribution in [1.29, 1.82) is 0 Å². The van der Waals surface area contributed by atoms with Crippen LogP contribution < -0.4 is 4.74 Å². The molecular weight excluding hydrogens is 262 g/mol. The average molecular weight is 289 g/mol. The molecule has 3 nitrogen and oxygen atoms in total. The predicted molar refractivity (Wildman–Crippen MR) is 86.3 cm³/mol. The topological polar surface area (TPSA) is 29.5 Å². The lowest BCUT2D eigenvalue weighted by Crippen LogP contribution is -2.50. The molecule has 1 aromatic rings.